The fourth-order valence-electron chi connectivity index (χ4n) is 0.488. The Morgan fingerprint density at radius 1 is 1.75 bits per heavy atom. The highest BCUT2D eigenvalue weighted by atomic mass is 15.2. The summed E-state index contributed by atoms with van der Waals surface area (Å²) in [5.74, 6) is 2.47. The topological polar surface area (TPSA) is 17.8 Å². The lowest BCUT2D eigenvalue weighted by atomic mass is 10.7. The number of hydrogen-bond donors (Lipinski definition) is 0. The number of hydrogen-bond acceptors (Lipinski definition) is 1. The van der Waals surface area contributed by atoms with Gasteiger partial charge in [0.1, 0.15) is 6.54 Å². The molecular formula is C6H6N2. The average Bonchev–Trinajstić information content (AvgIpc) is 2.19. The number of terminal acetylenes is 1. The summed E-state index contributed by atoms with van der Waals surface area (Å²) >= 11 is 0. The highest BCUT2D eigenvalue weighted by Crippen LogP contribution is 1.80. The van der Waals surface area contributed by atoms with Gasteiger partial charge in [-0.1, -0.05) is 5.92 Å². The van der Waals surface area contributed by atoms with Crippen molar-refractivity contribution in [3.05, 3.63) is 18.5 Å². The molecule has 0 saturated carbocycles. The normalized spacial score (nSPS) is 8.38. The number of nitrogens with zero attached hydrogens (tertiary/aromatic N) is 2. The number of rotatable bonds is 1. The van der Waals surface area contributed by atoms with E-state index in [1.807, 2.05) is 12.3 Å². The van der Waals surface area contributed by atoms with E-state index in [1.165, 1.54) is 0 Å². The highest BCUT2D eigenvalue weighted by Gasteiger charge is 1.79. The Morgan fingerprint density at radius 2 is 2.62 bits per heavy atom. The third-order valence-corrected chi connectivity index (χ3v) is 0.812. The van der Waals surface area contributed by atoms with Gasteiger partial charge in [-0.3, -0.25) is 4.68 Å². The second-order valence-electron chi connectivity index (χ2n) is 1.41. The smallest absolute Gasteiger partial charge is 0.101 e. The molecule has 0 bridgehead atoms. The van der Waals surface area contributed by atoms with Crippen molar-refractivity contribution in [1.82, 2.24) is 9.78 Å². The zero-order chi connectivity index (χ0) is 5.82. The minimum atomic E-state index is 0.562. The highest BCUT2D eigenvalue weighted by molar-refractivity contribution is 4.87. The van der Waals surface area contributed by atoms with Gasteiger partial charge in [-0.05, 0) is 6.07 Å². The first-order valence-corrected chi connectivity index (χ1v) is 2.34. The third-order valence-electron chi connectivity index (χ3n) is 0.812. The van der Waals surface area contributed by atoms with Crippen LogP contribution in [-0.4, -0.2) is 9.78 Å². The SMILES string of the molecule is C#CCn1cccn1. The van der Waals surface area contributed by atoms with Crippen molar-refractivity contribution in [2.24, 2.45) is 0 Å². The van der Waals surface area contributed by atoms with Crippen molar-refractivity contribution in [3.63, 3.8) is 0 Å². The molecule has 1 heterocycles. The maximum Gasteiger partial charge on any atom is 0.101 e. The van der Waals surface area contributed by atoms with E-state index in [9.17, 15) is 0 Å². The maximum absolute atomic E-state index is 5.01. The lowest BCUT2D eigenvalue weighted by Gasteiger charge is -1.87. The molecule has 0 spiro atoms. The summed E-state index contributed by atoms with van der Waals surface area (Å²) < 4.78 is 1.69. The van der Waals surface area contributed by atoms with Crippen LogP contribution in [0.5, 0.6) is 0 Å². The van der Waals surface area contributed by atoms with E-state index in [2.05, 4.69) is 11.0 Å². The van der Waals surface area contributed by atoms with Crippen LogP contribution in [-0.2, 0) is 6.54 Å². The van der Waals surface area contributed by atoms with Crippen molar-refractivity contribution >= 4 is 0 Å². The quantitative estimate of drug-likeness (QED) is 0.477. The maximum atomic E-state index is 5.01. The van der Waals surface area contributed by atoms with Crippen molar-refractivity contribution in [1.29, 1.82) is 0 Å². The van der Waals surface area contributed by atoms with Gasteiger partial charge >= 0.3 is 0 Å². The molecule has 2 nitrogen and oxygen atoms in total. The van der Waals surface area contributed by atoms with Gasteiger partial charge in [-0.25, -0.2) is 0 Å². The van der Waals surface area contributed by atoms with Crippen LogP contribution in [0.4, 0.5) is 0 Å². The van der Waals surface area contributed by atoms with Crippen LogP contribution in [0, 0.1) is 12.3 Å². The Hall–Kier alpha value is -1.23. The molecule has 0 aliphatic heterocycles. The van der Waals surface area contributed by atoms with E-state index >= 15 is 0 Å². The summed E-state index contributed by atoms with van der Waals surface area (Å²) in [6.07, 6.45) is 8.55. The molecule has 8 heavy (non-hydrogen) atoms. The predicted molar refractivity (Wildman–Crippen MR) is 31.1 cm³/mol. The summed E-state index contributed by atoms with van der Waals surface area (Å²) in [5, 5.41) is 3.88. The van der Waals surface area contributed by atoms with Gasteiger partial charge in [0, 0.05) is 12.4 Å². The second-order valence-corrected chi connectivity index (χ2v) is 1.41. The van der Waals surface area contributed by atoms with Gasteiger partial charge in [-0.15, -0.1) is 6.42 Å². The second kappa shape index (κ2) is 2.17. The molecule has 0 aromatic carbocycles. The van der Waals surface area contributed by atoms with Crippen LogP contribution < -0.4 is 0 Å². The zero-order valence-corrected chi connectivity index (χ0v) is 4.41. The van der Waals surface area contributed by atoms with E-state index in [-0.39, 0.29) is 0 Å². The monoisotopic (exact) mass is 106 g/mol. The first kappa shape index (κ1) is 4.92. The molecule has 0 aliphatic rings. The van der Waals surface area contributed by atoms with Gasteiger partial charge in [0.05, 0.1) is 0 Å². The first-order valence-electron chi connectivity index (χ1n) is 2.34. The van der Waals surface area contributed by atoms with Crippen LogP contribution in [0.15, 0.2) is 18.5 Å². The molecule has 0 saturated heterocycles. The molecule has 0 radical (unpaired) electrons. The molecule has 2 heteroatoms. The molecule has 0 aliphatic carbocycles. The molecule has 0 amide bonds. The molecule has 1 aromatic rings. The predicted octanol–water partition coefficient (Wildman–Crippen LogP) is 0.516. The first-order chi connectivity index (χ1) is 3.93. The van der Waals surface area contributed by atoms with Crippen LogP contribution in [0.25, 0.3) is 0 Å². The largest absolute Gasteiger partial charge is 0.261 e. The Balaban J connectivity index is 2.67. The standard InChI is InChI=1S/C6H6N2/c1-2-5-8-6-3-4-7-8/h1,3-4,6H,5H2. The van der Waals surface area contributed by atoms with E-state index in [1.54, 1.807) is 10.9 Å². The molecule has 1 rings (SSSR count). The Bertz CT molecular complexity index is 181. The fourth-order valence-corrected chi connectivity index (χ4v) is 0.488. The summed E-state index contributed by atoms with van der Waals surface area (Å²) in [5.41, 5.74) is 0. The Kier molecular flexibility index (Phi) is 1.34. The van der Waals surface area contributed by atoms with Gasteiger partial charge in [-0.2, -0.15) is 5.10 Å². The van der Waals surface area contributed by atoms with Crippen molar-refractivity contribution < 1.29 is 0 Å². The molecule has 1 aromatic heterocycles. The summed E-state index contributed by atoms with van der Waals surface area (Å²) in [6.45, 7) is 0.562. The van der Waals surface area contributed by atoms with Crippen LogP contribution in [0.1, 0.15) is 0 Å². The number of aromatic nitrogens is 2. The summed E-state index contributed by atoms with van der Waals surface area (Å²) in [4.78, 5) is 0. The van der Waals surface area contributed by atoms with Crippen LogP contribution in [0.3, 0.4) is 0 Å². The molecular weight excluding hydrogens is 100 g/mol. The lowest BCUT2D eigenvalue weighted by molar-refractivity contribution is 0.715. The van der Waals surface area contributed by atoms with Gasteiger partial charge in [0.2, 0.25) is 0 Å². The van der Waals surface area contributed by atoms with Crippen LogP contribution in [0.2, 0.25) is 0 Å². The average molecular weight is 106 g/mol. The van der Waals surface area contributed by atoms with E-state index < -0.39 is 0 Å². The van der Waals surface area contributed by atoms with Crippen LogP contribution >= 0.6 is 0 Å². The van der Waals surface area contributed by atoms with Crippen molar-refractivity contribution in [2.45, 2.75) is 6.54 Å². The van der Waals surface area contributed by atoms with E-state index in [0.29, 0.717) is 6.54 Å². The van der Waals surface area contributed by atoms with Crippen molar-refractivity contribution in [3.8, 4) is 12.3 Å². The lowest BCUT2D eigenvalue weighted by Crippen LogP contribution is -1.93. The molecule has 0 unspecified atom stereocenters. The fraction of sp³-hybridized carbons (Fsp3) is 0.167. The minimum Gasteiger partial charge on any atom is -0.261 e. The summed E-state index contributed by atoms with van der Waals surface area (Å²) in [7, 11) is 0. The Labute approximate surface area is 48.1 Å². The van der Waals surface area contributed by atoms with E-state index in [4.69, 9.17) is 6.42 Å². The van der Waals surface area contributed by atoms with Gasteiger partial charge in [0.15, 0.2) is 0 Å². The minimum absolute atomic E-state index is 0.562. The van der Waals surface area contributed by atoms with E-state index in [0.717, 1.165) is 0 Å². The zero-order valence-electron chi connectivity index (χ0n) is 4.41. The van der Waals surface area contributed by atoms with Crippen molar-refractivity contribution in [2.75, 3.05) is 0 Å². The molecule has 0 N–H and O–H groups in total. The Morgan fingerprint density at radius 3 is 3.12 bits per heavy atom. The van der Waals surface area contributed by atoms with Gasteiger partial charge < -0.3 is 0 Å². The molecule has 40 valence electrons. The molecule has 0 fully saturated rings. The molecule has 0 atom stereocenters. The third kappa shape index (κ3) is 0.881. The van der Waals surface area contributed by atoms with Gasteiger partial charge in [0.25, 0.3) is 0 Å². The summed E-state index contributed by atoms with van der Waals surface area (Å²) in [6, 6.07) is 1.84.